The average molecular weight is 326 g/mol. The Labute approximate surface area is 126 Å². The zero-order valence-electron chi connectivity index (χ0n) is 11.0. The van der Waals surface area contributed by atoms with Crippen molar-refractivity contribution in [3.63, 3.8) is 0 Å². The minimum absolute atomic E-state index is 0.128. The maximum absolute atomic E-state index is 12.0. The molecule has 7 nitrogen and oxygen atoms in total. The molecule has 2 heterocycles. The standard InChI is InChI=1S/C12H14N4O3S2/c17-12(9-6-10(7-9)16-4-3-13-15-16)14-21(18,19)8-11-2-1-5-20-11/h1-5,9-10H,6-8H2,(H,14,17). The molecule has 1 amide bonds. The molecular formula is C12H14N4O3S2. The van der Waals surface area contributed by atoms with Crippen LogP contribution in [0.5, 0.6) is 0 Å². The number of hydrogen-bond acceptors (Lipinski definition) is 6. The molecule has 1 fully saturated rings. The molecule has 1 aliphatic rings. The summed E-state index contributed by atoms with van der Waals surface area (Å²) >= 11 is 1.35. The van der Waals surface area contributed by atoms with E-state index >= 15 is 0 Å². The van der Waals surface area contributed by atoms with E-state index in [0.717, 1.165) is 0 Å². The van der Waals surface area contributed by atoms with E-state index in [1.54, 1.807) is 34.6 Å². The molecule has 2 aromatic heterocycles. The number of nitrogens with one attached hydrogen (secondary N) is 1. The maximum atomic E-state index is 12.0. The van der Waals surface area contributed by atoms with E-state index < -0.39 is 15.9 Å². The Bertz CT molecular complexity index is 704. The molecule has 0 unspecified atom stereocenters. The fraction of sp³-hybridized carbons (Fsp3) is 0.417. The second-order valence-electron chi connectivity index (χ2n) is 5.01. The number of hydrogen-bond donors (Lipinski definition) is 1. The molecule has 112 valence electrons. The first-order valence-electron chi connectivity index (χ1n) is 6.46. The third-order valence-electron chi connectivity index (χ3n) is 3.47. The van der Waals surface area contributed by atoms with Crippen molar-refractivity contribution < 1.29 is 13.2 Å². The highest BCUT2D eigenvalue weighted by atomic mass is 32.2. The Kier molecular flexibility index (Phi) is 3.77. The van der Waals surface area contributed by atoms with Gasteiger partial charge in [-0.15, -0.1) is 16.4 Å². The summed E-state index contributed by atoms with van der Waals surface area (Å²) in [6.45, 7) is 0. The van der Waals surface area contributed by atoms with Crippen LogP contribution in [0.2, 0.25) is 0 Å². The molecule has 0 saturated heterocycles. The molecule has 1 saturated carbocycles. The van der Waals surface area contributed by atoms with Crippen LogP contribution in [0.3, 0.4) is 0 Å². The normalized spacial score (nSPS) is 21.7. The second-order valence-corrected chi connectivity index (χ2v) is 7.76. The van der Waals surface area contributed by atoms with Gasteiger partial charge in [0.05, 0.1) is 12.2 Å². The molecule has 0 aliphatic heterocycles. The number of sulfonamides is 1. The Balaban J connectivity index is 1.53. The van der Waals surface area contributed by atoms with E-state index in [2.05, 4.69) is 15.0 Å². The van der Waals surface area contributed by atoms with Crippen molar-refractivity contribution in [3.05, 3.63) is 34.8 Å². The van der Waals surface area contributed by atoms with Crippen molar-refractivity contribution in [2.24, 2.45) is 5.92 Å². The molecule has 0 spiro atoms. The van der Waals surface area contributed by atoms with Gasteiger partial charge in [0.2, 0.25) is 15.9 Å². The molecule has 2 aromatic rings. The minimum atomic E-state index is -3.62. The van der Waals surface area contributed by atoms with Crippen LogP contribution in [0.25, 0.3) is 0 Å². The number of carbonyl (C=O) groups is 1. The van der Waals surface area contributed by atoms with Crippen LogP contribution < -0.4 is 4.72 Å². The van der Waals surface area contributed by atoms with Crippen LogP contribution in [0.4, 0.5) is 0 Å². The minimum Gasteiger partial charge on any atom is -0.274 e. The Morgan fingerprint density at radius 1 is 1.48 bits per heavy atom. The van der Waals surface area contributed by atoms with Crippen molar-refractivity contribution in [2.75, 3.05) is 0 Å². The lowest BCUT2D eigenvalue weighted by atomic mass is 9.80. The Morgan fingerprint density at radius 3 is 2.90 bits per heavy atom. The van der Waals surface area contributed by atoms with Crippen molar-refractivity contribution in [3.8, 4) is 0 Å². The zero-order valence-corrected chi connectivity index (χ0v) is 12.7. The van der Waals surface area contributed by atoms with Crippen LogP contribution in [0, 0.1) is 5.92 Å². The number of nitrogens with zero attached hydrogens (tertiary/aromatic N) is 3. The third-order valence-corrected chi connectivity index (χ3v) is 5.73. The monoisotopic (exact) mass is 326 g/mol. The first kappa shape index (κ1) is 14.2. The van der Waals surface area contributed by atoms with E-state index in [0.29, 0.717) is 17.7 Å². The van der Waals surface area contributed by atoms with E-state index in [4.69, 9.17) is 0 Å². The highest BCUT2D eigenvalue weighted by Gasteiger charge is 2.37. The van der Waals surface area contributed by atoms with Gasteiger partial charge in [0, 0.05) is 17.0 Å². The van der Waals surface area contributed by atoms with Crippen molar-refractivity contribution >= 4 is 27.3 Å². The van der Waals surface area contributed by atoms with E-state index in [1.165, 1.54) is 11.3 Å². The van der Waals surface area contributed by atoms with Gasteiger partial charge in [-0.3, -0.25) is 9.52 Å². The maximum Gasteiger partial charge on any atom is 0.239 e. The predicted octanol–water partition coefficient (Wildman–Crippen LogP) is 0.937. The summed E-state index contributed by atoms with van der Waals surface area (Å²) < 4.78 is 27.7. The lowest BCUT2D eigenvalue weighted by Crippen LogP contribution is -2.42. The summed E-state index contributed by atoms with van der Waals surface area (Å²) in [5, 5.41) is 9.40. The van der Waals surface area contributed by atoms with Crippen molar-refractivity contribution in [2.45, 2.75) is 24.6 Å². The zero-order chi connectivity index (χ0) is 14.9. The number of thiophene rings is 1. The van der Waals surface area contributed by atoms with Gasteiger partial charge in [0.25, 0.3) is 0 Å². The molecular weight excluding hydrogens is 312 g/mol. The molecule has 1 aliphatic carbocycles. The van der Waals surface area contributed by atoms with Crippen molar-refractivity contribution in [1.29, 1.82) is 0 Å². The summed E-state index contributed by atoms with van der Waals surface area (Å²) in [5.74, 6) is -0.865. The number of amides is 1. The summed E-state index contributed by atoms with van der Waals surface area (Å²) in [7, 11) is -3.62. The number of carbonyl (C=O) groups excluding carboxylic acids is 1. The van der Waals surface area contributed by atoms with Crippen LogP contribution >= 0.6 is 11.3 Å². The van der Waals surface area contributed by atoms with Crippen LogP contribution in [0.15, 0.2) is 29.9 Å². The molecule has 0 aromatic carbocycles. The van der Waals surface area contributed by atoms with Gasteiger partial charge in [-0.2, -0.15) is 0 Å². The van der Waals surface area contributed by atoms with Gasteiger partial charge in [0.1, 0.15) is 5.75 Å². The van der Waals surface area contributed by atoms with Crippen molar-refractivity contribution in [1.82, 2.24) is 19.7 Å². The number of rotatable bonds is 5. The highest BCUT2D eigenvalue weighted by molar-refractivity contribution is 7.89. The van der Waals surface area contributed by atoms with Crippen LogP contribution in [0.1, 0.15) is 23.8 Å². The fourth-order valence-corrected chi connectivity index (χ4v) is 4.53. The van der Waals surface area contributed by atoms with Gasteiger partial charge < -0.3 is 0 Å². The van der Waals surface area contributed by atoms with Gasteiger partial charge in [-0.05, 0) is 24.3 Å². The SMILES string of the molecule is O=C(NS(=O)(=O)Cc1cccs1)C1CC(n2ccnn2)C1. The summed E-state index contributed by atoms with van der Waals surface area (Å²) in [6.07, 6.45) is 4.50. The molecule has 9 heteroatoms. The summed E-state index contributed by atoms with van der Waals surface area (Å²) in [4.78, 5) is 12.7. The summed E-state index contributed by atoms with van der Waals surface area (Å²) in [6, 6.07) is 3.65. The second kappa shape index (κ2) is 5.57. The van der Waals surface area contributed by atoms with Gasteiger partial charge in [-0.1, -0.05) is 11.3 Å². The molecule has 3 rings (SSSR count). The Morgan fingerprint density at radius 2 is 2.29 bits per heavy atom. The van der Waals surface area contributed by atoms with Gasteiger partial charge in [-0.25, -0.2) is 13.1 Å². The average Bonchev–Trinajstić information content (AvgIpc) is 2.98. The topological polar surface area (TPSA) is 94.0 Å². The Hall–Kier alpha value is -1.74. The first-order chi connectivity index (χ1) is 10.0. The van der Waals surface area contributed by atoms with Crippen LogP contribution in [-0.2, 0) is 20.6 Å². The van der Waals surface area contributed by atoms with Gasteiger partial charge in [0.15, 0.2) is 0 Å². The fourth-order valence-electron chi connectivity index (χ4n) is 2.28. The van der Waals surface area contributed by atoms with Crippen LogP contribution in [-0.4, -0.2) is 29.3 Å². The molecule has 0 radical (unpaired) electrons. The first-order valence-corrected chi connectivity index (χ1v) is 8.99. The van der Waals surface area contributed by atoms with Gasteiger partial charge >= 0.3 is 0 Å². The molecule has 0 atom stereocenters. The molecule has 21 heavy (non-hydrogen) atoms. The largest absolute Gasteiger partial charge is 0.274 e. The predicted molar refractivity (Wildman–Crippen MR) is 76.9 cm³/mol. The molecule has 1 N–H and O–H groups in total. The smallest absolute Gasteiger partial charge is 0.239 e. The quantitative estimate of drug-likeness (QED) is 0.882. The lowest BCUT2D eigenvalue weighted by molar-refractivity contribution is -0.127. The third kappa shape index (κ3) is 3.30. The molecule has 0 bridgehead atoms. The summed E-state index contributed by atoms with van der Waals surface area (Å²) in [5.41, 5.74) is 0. The highest BCUT2D eigenvalue weighted by Crippen LogP contribution is 2.37. The van der Waals surface area contributed by atoms with E-state index in [-0.39, 0.29) is 17.7 Å². The van der Waals surface area contributed by atoms with E-state index in [9.17, 15) is 13.2 Å². The number of aromatic nitrogens is 3. The lowest BCUT2D eigenvalue weighted by Gasteiger charge is -2.33. The van der Waals surface area contributed by atoms with E-state index in [1.807, 2.05) is 0 Å².